The van der Waals surface area contributed by atoms with Crippen LogP contribution in [0.1, 0.15) is 13.8 Å². The molecule has 1 heterocycles. The van der Waals surface area contributed by atoms with Crippen LogP contribution < -0.4 is 9.47 Å². The summed E-state index contributed by atoms with van der Waals surface area (Å²) in [5, 5.41) is 0.294. The lowest BCUT2D eigenvalue weighted by Gasteiger charge is -2.34. The molecule has 0 amide bonds. The van der Waals surface area contributed by atoms with E-state index in [9.17, 15) is 8.42 Å². The smallest absolute Gasteiger partial charge is 0.247 e. The van der Waals surface area contributed by atoms with Crippen LogP contribution in [0.25, 0.3) is 0 Å². The van der Waals surface area contributed by atoms with Crippen molar-refractivity contribution in [1.29, 1.82) is 0 Å². The molecule has 1 fully saturated rings. The van der Waals surface area contributed by atoms with Crippen LogP contribution in [0.3, 0.4) is 0 Å². The lowest BCUT2D eigenvalue weighted by atomic mass is 10.3. The summed E-state index contributed by atoms with van der Waals surface area (Å²) in [6.45, 7) is 4.28. The van der Waals surface area contributed by atoms with Gasteiger partial charge >= 0.3 is 0 Å². The lowest BCUT2D eigenvalue weighted by Crippen LogP contribution is -2.48. The first-order chi connectivity index (χ1) is 10.3. The number of hydrogen-bond donors (Lipinski definition) is 0. The summed E-state index contributed by atoms with van der Waals surface area (Å²) in [5.41, 5.74) is 0. The third-order valence-electron chi connectivity index (χ3n) is 3.44. The molecule has 1 aromatic carbocycles. The molecule has 6 nitrogen and oxygen atoms in total. The Morgan fingerprint density at radius 2 is 1.68 bits per heavy atom. The van der Waals surface area contributed by atoms with E-state index in [0.29, 0.717) is 18.1 Å². The second-order valence-electron chi connectivity index (χ2n) is 5.22. The first kappa shape index (κ1) is 17.3. The number of halogens is 1. The van der Waals surface area contributed by atoms with Gasteiger partial charge in [0.25, 0.3) is 0 Å². The fourth-order valence-electron chi connectivity index (χ4n) is 2.50. The monoisotopic (exact) mass is 349 g/mol. The van der Waals surface area contributed by atoms with Crippen molar-refractivity contribution in [2.45, 2.75) is 31.0 Å². The molecule has 0 aromatic heterocycles. The van der Waals surface area contributed by atoms with E-state index in [1.165, 1.54) is 30.7 Å². The van der Waals surface area contributed by atoms with Gasteiger partial charge in [-0.1, -0.05) is 11.6 Å². The third kappa shape index (κ3) is 3.32. The van der Waals surface area contributed by atoms with E-state index in [4.69, 9.17) is 25.8 Å². The van der Waals surface area contributed by atoms with Crippen LogP contribution in [0.2, 0.25) is 5.02 Å². The molecule has 8 heteroatoms. The van der Waals surface area contributed by atoms with Gasteiger partial charge in [0.2, 0.25) is 10.0 Å². The molecule has 0 radical (unpaired) electrons. The zero-order chi connectivity index (χ0) is 16.5. The predicted octanol–water partition coefficient (Wildman–Crippen LogP) is 2.16. The van der Waals surface area contributed by atoms with Gasteiger partial charge in [-0.3, -0.25) is 0 Å². The molecular weight excluding hydrogens is 330 g/mol. The van der Waals surface area contributed by atoms with Crippen LogP contribution in [0.4, 0.5) is 0 Å². The lowest BCUT2D eigenvalue weighted by molar-refractivity contribution is -0.0441. The zero-order valence-corrected chi connectivity index (χ0v) is 14.6. The van der Waals surface area contributed by atoms with Crippen molar-refractivity contribution in [1.82, 2.24) is 4.31 Å². The highest BCUT2D eigenvalue weighted by Crippen LogP contribution is 2.37. The van der Waals surface area contributed by atoms with E-state index < -0.39 is 10.0 Å². The van der Waals surface area contributed by atoms with E-state index in [2.05, 4.69) is 0 Å². The molecule has 124 valence electrons. The first-order valence-corrected chi connectivity index (χ1v) is 8.68. The topological polar surface area (TPSA) is 65.1 Å². The van der Waals surface area contributed by atoms with Crippen molar-refractivity contribution in [3.8, 4) is 11.5 Å². The molecule has 1 aliphatic rings. The van der Waals surface area contributed by atoms with Crippen molar-refractivity contribution < 1.29 is 22.6 Å². The van der Waals surface area contributed by atoms with Gasteiger partial charge in [0.1, 0.15) is 16.4 Å². The van der Waals surface area contributed by atoms with E-state index >= 15 is 0 Å². The van der Waals surface area contributed by atoms with Crippen LogP contribution in [0, 0.1) is 0 Å². The standard InChI is InChI=1S/C14H20ClNO5S/c1-9-7-16(8-10(2)21-9)22(17,18)14-6-12(19-3)11(15)5-13(14)20-4/h5-6,9-10H,7-8H2,1-4H3/t9-,10+. The number of sulfonamides is 1. The number of methoxy groups -OCH3 is 2. The third-order valence-corrected chi connectivity index (χ3v) is 5.59. The molecule has 22 heavy (non-hydrogen) atoms. The minimum absolute atomic E-state index is 0.0394. The molecule has 0 saturated carbocycles. The highest BCUT2D eigenvalue weighted by molar-refractivity contribution is 7.89. The fourth-order valence-corrected chi connectivity index (χ4v) is 4.47. The molecule has 0 spiro atoms. The van der Waals surface area contributed by atoms with Crippen molar-refractivity contribution in [2.24, 2.45) is 0 Å². The highest BCUT2D eigenvalue weighted by atomic mass is 35.5. The number of ether oxygens (including phenoxy) is 3. The summed E-state index contributed by atoms with van der Waals surface area (Å²) < 4.78 is 43.1. The second kappa shape index (κ2) is 6.62. The molecule has 0 bridgehead atoms. The Bertz CT molecular complexity index is 639. The number of benzene rings is 1. The van der Waals surface area contributed by atoms with E-state index in [-0.39, 0.29) is 28.6 Å². The predicted molar refractivity (Wildman–Crippen MR) is 83.3 cm³/mol. The molecule has 0 unspecified atom stereocenters. The maximum atomic E-state index is 12.9. The van der Waals surface area contributed by atoms with Crippen molar-refractivity contribution >= 4 is 21.6 Å². The molecule has 0 N–H and O–H groups in total. The Hall–Kier alpha value is -1.02. The Morgan fingerprint density at radius 3 is 2.18 bits per heavy atom. The normalized spacial score (nSPS) is 23.3. The Balaban J connectivity index is 2.48. The van der Waals surface area contributed by atoms with Gasteiger partial charge in [0.05, 0.1) is 31.5 Å². The van der Waals surface area contributed by atoms with Crippen LogP contribution in [-0.2, 0) is 14.8 Å². The molecule has 2 atom stereocenters. The van der Waals surface area contributed by atoms with Crippen LogP contribution in [0.5, 0.6) is 11.5 Å². The van der Waals surface area contributed by atoms with Crippen LogP contribution >= 0.6 is 11.6 Å². The van der Waals surface area contributed by atoms with Crippen LogP contribution in [0.15, 0.2) is 17.0 Å². The number of morpholine rings is 1. The summed E-state index contributed by atoms with van der Waals surface area (Å²) in [6.07, 6.45) is -0.336. The van der Waals surface area contributed by atoms with Crippen molar-refractivity contribution in [3.63, 3.8) is 0 Å². The van der Waals surface area contributed by atoms with Gasteiger partial charge < -0.3 is 14.2 Å². The summed E-state index contributed by atoms with van der Waals surface area (Å²) in [4.78, 5) is 0.0394. The van der Waals surface area contributed by atoms with E-state index in [1.54, 1.807) is 0 Å². The minimum atomic E-state index is -3.73. The minimum Gasteiger partial charge on any atom is -0.495 e. The van der Waals surface area contributed by atoms with Crippen LogP contribution in [-0.4, -0.2) is 52.2 Å². The van der Waals surface area contributed by atoms with E-state index in [1.807, 2.05) is 13.8 Å². The highest BCUT2D eigenvalue weighted by Gasteiger charge is 2.34. The second-order valence-corrected chi connectivity index (χ2v) is 7.53. The largest absolute Gasteiger partial charge is 0.495 e. The molecule has 1 saturated heterocycles. The number of hydrogen-bond acceptors (Lipinski definition) is 5. The maximum Gasteiger partial charge on any atom is 0.247 e. The van der Waals surface area contributed by atoms with E-state index in [0.717, 1.165) is 0 Å². The average Bonchev–Trinajstić information content (AvgIpc) is 2.45. The zero-order valence-electron chi connectivity index (χ0n) is 13.0. The molecular formula is C14H20ClNO5S. The molecule has 1 aromatic rings. The average molecular weight is 350 g/mol. The molecule has 2 rings (SSSR count). The number of nitrogens with zero attached hydrogens (tertiary/aromatic N) is 1. The molecule has 1 aliphatic heterocycles. The summed E-state index contributed by atoms with van der Waals surface area (Å²) in [7, 11) is -0.892. The molecule has 0 aliphatic carbocycles. The van der Waals surface area contributed by atoms with Gasteiger partial charge in [-0.2, -0.15) is 4.31 Å². The van der Waals surface area contributed by atoms with Gasteiger partial charge in [0.15, 0.2) is 0 Å². The fraction of sp³-hybridized carbons (Fsp3) is 0.571. The SMILES string of the molecule is COc1cc(S(=O)(=O)N2C[C@@H](C)O[C@@H](C)C2)c(OC)cc1Cl. The Kier molecular flexibility index (Phi) is 5.21. The van der Waals surface area contributed by atoms with Gasteiger partial charge in [0, 0.05) is 25.2 Å². The Labute approximate surface area is 136 Å². The van der Waals surface area contributed by atoms with Crippen molar-refractivity contribution in [3.05, 3.63) is 17.2 Å². The summed E-state index contributed by atoms with van der Waals surface area (Å²) in [5.74, 6) is 0.480. The summed E-state index contributed by atoms with van der Waals surface area (Å²) >= 11 is 6.03. The van der Waals surface area contributed by atoms with Gasteiger partial charge in [-0.25, -0.2) is 8.42 Å². The maximum absolute atomic E-state index is 12.9. The van der Waals surface area contributed by atoms with Gasteiger partial charge in [-0.15, -0.1) is 0 Å². The quantitative estimate of drug-likeness (QED) is 0.833. The van der Waals surface area contributed by atoms with Gasteiger partial charge in [-0.05, 0) is 13.8 Å². The number of rotatable bonds is 4. The first-order valence-electron chi connectivity index (χ1n) is 6.86. The van der Waals surface area contributed by atoms with Crippen molar-refractivity contribution in [2.75, 3.05) is 27.3 Å². The Morgan fingerprint density at radius 1 is 1.14 bits per heavy atom. The summed E-state index contributed by atoms with van der Waals surface area (Å²) in [6, 6.07) is 2.84.